The summed E-state index contributed by atoms with van der Waals surface area (Å²) < 4.78 is 18.5. The molecule has 0 N–H and O–H groups in total. The Kier molecular flexibility index (Phi) is 5.34. The molecule has 21 heavy (non-hydrogen) atoms. The summed E-state index contributed by atoms with van der Waals surface area (Å²) in [4.78, 5) is 11.8. The van der Waals surface area contributed by atoms with Crippen LogP contribution in [-0.4, -0.2) is 11.7 Å². The first-order valence-corrected chi connectivity index (χ1v) is 7.20. The summed E-state index contributed by atoms with van der Waals surface area (Å²) >= 11 is 5.57. The Hall–Kier alpha value is -1.87. The van der Waals surface area contributed by atoms with Gasteiger partial charge in [-0.15, -0.1) is 11.6 Å². The number of halogens is 2. The van der Waals surface area contributed by atoms with Gasteiger partial charge in [0, 0.05) is 17.9 Å². The number of ketones is 1. The number of ether oxygens (including phenoxy) is 1. The largest absolute Gasteiger partial charge is 0.489 e. The number of hydrogen-bond acceptors (Lipinski definition) is 2. The molecule has 0 atom stereocenters. The SMILES string of the molecule is Cc1cc(C(=O)CCCl)ccc1OCc1ccc(F)cc1. The van der Waals surface area contributed by atoms with Crippen LogP contribution in [0.5, 0.6) is 5.75 Å². The minimum Gasteiger partial charge on any atom is -0.489 e. The average molecular weight is 307 g/mol. The molecule has 0 bridgehead atoms. The molecular weight excluding hydrogens is 291 g/mol. The fourth-order valence-corrected chi connectivity index (χ4v) is 2.13. The lowest BCUT2D eigenvalue weighted by atomic mass is 10.1. The highest BCUT2D eigenvalue weighted by Crippen LogP contribution is 2.21. The second-order valence-electron chi connectivity index (χ2n) is 4.76. The molecule has 2 aromatic carbocycles. The maximum Gasteiger partial charge on any atom is 0.164 e. The lowest BCUT2D eigenvalue weighted by Crippen LogP contribution is -2.02. The summed E-state index contributed by atoms with van der Waals surface area (Å²) in [5, 5.41) is 0. The van der Waals surface area contributed by atoms with Gasteiger partial charge in [-0.05, 0) is 48.4 Å². The normalized spacial score (nSPS) is 10.4. The number of alkyl halides is 1. The topological polar surface area (TPSA) is 26.3 Å². The van der Waals surface area contributed by atoms with Gasteiger partial charge in [-0.1, -0.05) is 12.1 Å². The zero-order valence-electron chi connectivity index (χ0n) is 11.7. The molecule has 0 unspecified atom stereocenters. The minimum absolute atomic E-state index is 0.0261. The molecule has 0 fully saturated rings. The third-order valence-electron chi connectivity index (χ3n) is 3.13. The summed E-state index contributed by atoms with van der Waals surface area (Å²) in [6, 6.07) is 11.5. The maximum atomic E-state index is 12.8. The first kappa shape index (κ1) is 15.5. The molecule has 0 saturated carbocycles. The molecule has 0 aliphatic heterocycles. The van der Waals surface area contributed by atoms with Crippen LogP contribution < -0.4 is 4.74 Å². The van der Waals surface area contributed by atoms with Crippen molar-refractivity contribution in [1.29, 1.82) is 0 Å². The number of benzene rings is 2. The highest BCUT2D eigenvalue weighted by molar-refractivity contribution is 6.19. The standard InChI is InChI=1S/C17H16ClFO2/c1-12-10-14(16(20)8-9-18)4-7-17(12)21-11-13-2-5-15(19)6-3-13/h2-7,10H,8-9,11H2,1H3. The van der Waals surface area contributed by atoms with Gasteiger partial charge >= 0.3 is 0 Å². The Morgan fingerprint density at radius 2 is 1.90 bits per heavy atom. The van der Waals surface area contributed by atoms with Crippen molar-refractivity contribution in [2.45, 2.75) is 20.0 Å². The molecular formula is C17H16ClFO2. The summed E-state index contributed by atoms with van der Waals surface area (Å²) in [5.41, 5.74) is 2.41. The van der Waals surface area contributed by atoms with Crippen LogP contribution in [0.25, 0.3) is 0 Å². The zero-order valence-corrected chi connectivity index (χ0v) is 12.5. The van der Waals surface area contributed by atoms with Crippen molar-refractivity contribution in [2.75, 3.05) is 5.88 Å². The van der Waals surface area contributed by atoms with Crippen LogP contribution >= 0.6 is 11.6 Å². The molecule has 0 saturated heterocycles. The van der Waals surface area contributed by atoms with Crippen LogP contribution in [0.3, 0.4) is 0 Å². The molecule has 0 heterocycles. The Labute approximate surface area is 128 Å². The van der Waals surface area contributed by atoms with Crippen LogP contribution in [0.1, 0.15) is 27.9 Å². The van der Waals surface area contributed by atoms with Crippen molar-refractivity contribution in [3.63, 3.8) is 0 Å². The monoisotopic (exact) mass is 306 g/mol. The van der Waals surface area contributed by atoms with Gasteiger partial charge in [-0.2, -0.15) is 0 Å². The molecule has 0 amide bonds. The van der Waals surface area contributed by atoms with Crippen molar-refractivity contribution >= 4 is 17.4 Å². The maximum absolute atomic E-state index is 12.8. The van der Waals surface area contributed by atoms with Crippen molar-refractivity contribution in [1.82, 2.24) is 0 Å². The number of Topliss-reactive ketones (excluding diaryl/α,β-unsaturated/α-hetero) is 1. The third kappa shape index (κ3) is 4.30. The van der Waals surface area contributed by atoms with E-state index in [1.807, 2.05) is 6.92 Å². The predicted octanol–water partition coefficient (Wildman–Crippen LogP) is 4.52. The highest BCUT2D eigenvalue weighted by atomic mass is 35.5. The van der Waals surface area contributed by atoms with Crippen molar-refractivity contribution < 1.29 is 13.9 Å². The number of carbonyl (C=O) groups excluding carboxylic acids is 1. The smallest absolute Gasteiger partial charge is 0.164 e. The number of carbonyl (C=O) groups is 1. The molecule has 2 nitrogen and oxygen atoms in total. The van der Waals surface area contributed by atoms with E-state index in [0.29, 0.717) is 30.2 Å². The van der Waals surface area contributed by atoms with Crippen LogP contribution in [0.4, 0.5) is 4.39 Å². The number of hydrogen-bond donors (Lipinski definition) is 0. The average Bonchev–Trinajstić information content (AvgIpc) is 2.48. The van der Waals surface area contributed by atoms with E-state index in [1.165, 1.54) is 12.1 Å². The van der Waals surface area contributed by atoms with E-state index < -0.39 is 0 Å². The second kappa shape index (κ2) is 7.23. The van der Waals surface area contributed by atoms with Gasteiger partial charge in [0.25, 0.3) is 0 Å². The fraction of sp³-hybridized carbons (Fsp3) is 0.235. The van der Waals surface area contributed by atoms with Crippen molar-refractivity contribution in [3.05, 3.63) is 65.0 Å². The first-order chi connectivity index (χ1) is 10.1. The molecule has 0 spiro atoms. The van der Waals surface area contributed by atoms with Gasteiger partial charge < -0.3 is 4.74 Å². The van der Waals surface area contributed by atoms with E-state index in [0.717, 1.165) is 11.1 Å². The van der Waals surface area contributed by atoms with Gasteiger partial charge in [0.2, 0.25) is 0 Å². The quantitative estimate of drug-likeness (QED) is 0.579. The number of rotatable bonds is 6. The van der Waals surface area contributed by atoms with Gasteiger partial charge in [0.1, 0.15) is 18.2 Å². The Bertz CT molecular complexity index is 623. The molecule has 2 aromatic rings. The van der Waals surface area contributed by atoms with Crippen LogP contribution in [0.2, 0.25) is 0 Å². The van der Waals surface area contributed by atoms with Gasteiger partial charge in [-0.3, -0.25) is 4.79 Å². The molecule has 0 radical (unpaired) electrons. The number of aryl methyl sites for hydroxylation is 1. The molecule has 0 aromatic heterocycles. The Morgan fingerprint density at radius 1 is 1.19 bits per heavy atom. The minimum atomic E-state index is -0.267. The third-order valence-corrected chi connectivity index (χ3v) is 3.32. The Morgan fingerprint density at radius 3 is 2.52 bits per heavy atom. The Balaban J connectivity index is 2.04. The van der Waals surface area contributed by atoms with Crippen LogP contribution in [0.15, 0.2) is 42.5 Å². The molecule has 0 aliphatic rings. The summed E-state index contributed by atoms with van der Waals surface area (Å²) in [5.74, 6) is 0.790. The van der Waals surface area contributed by atoms with Gasteiger partial charge in [0.05, 0.1) is 0 Å². The first-order valence-electron chi connectivity index (χ1n) is 6.67. The fourth-order valence-electron chi connectivity index (χ4n) is 1.96. The lowest BCUT2D eigenvalue weighted by Gasteiger charge is -2.10. The summed E-state index contributed by atoms with van der Waals surface area (Å²) in [6.07, 6.45) is 0.330. The summed E-state index contributed by atoms with van der Waals surface area (Å²) in [6.45, 7) is 2.24. The summed E-state index contributed by atoms with van der Waals surface area (Å²) in [7, 11) is 0. The second-order valence-corrected chi connectivity index (χ2v) is 5.14. The molecule has 0 aliphatic carbocycles. The predicted molar refractivity (Wildman–Crippen MR) is 81.6 cm³/mol. The molecule has 2 rings (SSSR count). The van der Waals surface area contributed by atoms with Crippen LogP contribution in [0, 0.1) is 12.7 Å². The molecule has 110 valence electrons. The zero-order chi connectivity index (χ0) is 15.2. The van der Waals surface area contributed by atoms with E-state index in [2.05, 4.69) is 0 Å². The van der Waals surface area contributed by atoms with Gasteiger partial charge in [-0.25, -0.2) is 4.39 Å². The van der Waals surface area contributed by atoms with Crippen molar-refractivity contribution in [2.24, 2.45) is 0 Å². The van der Waals surface area contributed by atoms with E-state index >= 15 is 0 Å². The van der Waals surface area contributed by atoms with E-state index in [1.54, 1.807) is 30.3 Å². The molecule has 4 heteroatoms. The van der Waals surface area contributed by atoms with E-state index in [-0.39, 0.29) is 11.6 Å². The lowest BCUT2D eigenvalue weighted by molar-refractivity contribution is 0.0989. The van der Waals surface area contributed by atoms with Crippen LogP contribution in [-0.2, 0) is 6.61 Å². The highest BCUT2D eigenvalue weighted by Gasteiger charge is 2.08. The van der Waals surface area contributed by atoms with Gasteiger partial charge in [0.15, 0.2) is 5.78 Å². The van der Waals surface area contributed by atoms with Crippen molar-refractivity contribution in [3.8, 4) is 5.75 Å². The van der Waals surface area contributed by atoms with E-state index in [4.69, 9.17) is 16.3 Å². The van der Waals surface area contributed by atoms with E-state index in [9.17, 15) is 9.18 Å².